The van der Waals surface area contributed by atoms with Crippen LogP contribution >= 0.6 is 11.6 Å². The number of benzene rings is 3. The van der Waals surface area contributed by atoms with Crippen LogP contribution in [0.4, 0.5) is 0 Å². The minimum Gasteiger partial charge on any atom is -0.497 e. The van der Waals surface area contributed by atoms with Crippen molar-refractivity contribution in [1.29, 1.82) is 0 Å². The molecule has 3 aromatic rings. The van der Waals surface area contributed by atoms with Crippen LogP contribution in [0.25, 0.3) is 5.57 Å². The van der Waals surface area contributed by atoms with Gasteiger partial charge in [-0.05, 0) is 41.5 Å². The summed E-state index contributed by atoms with van der Waals surface area (Å²) < 4.78 is 21.4. The van der Waals surface area contributed by atoms with Crippen molar-refractivity contribution in [2.45, 2.75) is 0 Å². The number of methoxy groups -OCH3 is 4. The minimum absolute atomic E-state index is 0.152. The Labute approximate surface area is 233 Å². The van der Waals surface area contributed by atoms with Crippen molar-refractivity contribution in [3.8, 4) is 23.0 Å². The molecule has 0 atom stereocenters. The van der Waals surface area contributed by atoms with Crippen LogP contribution in [-0.2, 0) is 4.79 Å². The zero-order valence-electron chi connectivity index (χ0n) is 22.4. The van der Waals surface area contributed by atoms with E-state index >= 15 is 0 Å². The highest BCUT2D eigenvalue weighted by molar-refractivity contribution is 6.32. The molecule has 0 unspecified atom stereocenters. The van der Waals surface area contributed by atoms with Crippen molar-refractivity contribution in [2.75, 3.05) is 54.6 Å². The molecule has 4 rings (SSSR count). The molecule has 39 heavy (non-hydrogen) atoms. The zero-order valence-corrected chi connectivity index (χ0v) is 23.2. The van der Waals surface area contributed by atoms with Crippen molar-refractivity contribution >= 4 is 29.0 Å². The Morgan fingerprint density at radius 3 is 1.87 bits per heavy atom. The van der Waals surface area contributed by atoms with E-state index in [1.165, 1.54) is 21.3 Å². The van der Waals surface area contributed by atoms with Gasteiger partial charge in [0.05, 0.1) is 28.4 Å². The Balaban J connectivity index is 1.52. The van der Waals surface area contributed by atoms with Crippen molar-refractivity contribution in [2.24, 2.45) is 0 Å². The average Bonchev–Trinajstić information content (AvgIpc) is 2.99. The van der Waals surface area contributed by atoms with Crippen LogP contribution in [0.1, 0.15) is 21.5 Å². The standard InChI is InChI=1S/C30H31ClN2O6/c1-36-22-11-9-20(10-12-22)24(23-7-5-6-8-25(23)31)19-28(34)32-13-15-33(16-14-32)30(35)21-17-26(37-2)29(39-4)27(18-21)38-3/h5-12,17-19H,13-16H2,1-4H3/b24-19+. The summed E-state index contributed by atoms with van der Waals surface area (Å²) in [6, 6.07) is 18.2. The largest absolute Gasteiger partial charge is 0.497 e. The highest BCUT2D eigenvalue weighted by Gasteiger charge is 2.26. The molecule has 0 spiro atoms. The molecule has 9 heteroatoms. The number of ether oxygens (including phenoxy) is 4. The van der Waals surface area contributed by atoms with Gasteiger partial charge in [-0.1, -0.05) is 41.9 Å². The molecule has 0 aliphatic carbocycles. The average molecular weight is 551 g/mol. The summed E-state index contributed by atoms with van der Waals surface area (Å²) in [5.74, 6) is 1.63. The maximum atomic E-state index is 13.4. The molecular weight excluding hydrogens is 520 g/mol. The third-order valence-corrected chi connectivity index (χ3v) is 6.95. The number of hydrogen-bond acceptors (Lipinski definition) is 6. The number of carbonyl (C=O) groups is 2. The first-order valence-corrected chi connectivity index (χ1v) is 12.8. The second kappa shape index (κ2) is 12.6. The highest BCUT2D eigenvalue weighted by atomic mass is 35.5. The zero-order chi connectivity index (χ0) is 27.9. The van der Waals surface area contributed by atoms with Crippen molar-refractivity contribution in [1.82, 2.24) is 9.80 Å². The number of rotatable bonds is 8. The molecule has 0 radical (unpaired) electrons. The normalized spacial score (nSPS) is 13.6. The number of amides is 2. The molecule has 1 heterocycles. The number of nitrogens with zero attached hydrogens (tertiary/aromatic N) is 2. The predicted molar refractivity (Wildman–Crippen MR) is 150 cm³/mol. The van der Waals surface area contributed by atoms with E-state index in [0.717, 1.165) is 16.9 Å². The first-order valence-electron chi connectivity index (χ1n) is 12.4. The van der Waals surface area contributed by atoms with E-state index in [4.69, 9.17) is 30.5 Å². The fourth-order valence-corrected chi connectivity index (χ4v) is 4.74. The van der Waals surface area contributed by atoms with Gasteiger partial charge in [0.1, 0.15) is 5.75 Å². The van der Waals surface area contributed by atoms with E-state index < -0.39 is 0 Å². The Kier molecular flexibility index (Phi) is 8.99. The molecule has 8 nitrogen and oxygen atoms in total. The van der Waals surface area contributed by atoms with Crippen LogP contribution in [0.2, 0.25) is 5.02 Å². The topological polar surface area (TPSA) is 77.5 Å². The molecule has 1 aliphatic rings. The van der Waals surface area contributed by atoms with Gasteiger partial charge in [0.25, 0.3) is 5.91 Å². The van der Waals surface area contributed by atoms with Gasteiger partial charge in [-0.25, -0.2) is 0 Å². The lowest BCUT2D eigenvalue weighted by Gasteiger charge is -2.34. The quantitative estimate of drug-likeness (QED) is 0.375. The van der Waals surface area contributed by atoms with E-state index in [-0.39, 0.29) is 11.8 Å². The third kappa shape index (κ3) is 6.12. The van der Waals surface area contributed by atoms with Gasteiger partial charge in [0, 0.05) is 48.4 Å². The molecule has 1 aliphatic heterocycles. The number of halogens is 1. The molecule has 1 saturated heterocycles. The number of hydrogen-bond donors (Lipinski definition) is 0. The first kappa shape index (κ1) is 27.9. The Bertz CT molecular complexity index is 1340. The second-order valence-electron chi connectivity index (χ2n) is 8.80. The van der Waals surface area contributed by atoms with Crippen LogP contribution in [0.5, 0.6) is 23.0 Å². The van der Waals surface area contributed by atoms with Crippen molar-refractivity contribution in [3.63, 3.8) is 0 Å². The summed E-state index contributed by atoms with van der Waals surface area (Å²) in [4.78, 5) is 30.1. The van der Waals surface area contributed by atoms with E-state index in [1.807, 2.05) is 42.5 Å². The lowest BCUT2D eigenvalue weighted by Crippen LogP contribution is -2.50. The maximum absolute atomic E-state index is 13.4. The van der Waals surface area contributed by atoms with Gasteiger partial charge in [-0.15, -0.1) is 0 Å². The van der Waals surface area contributed by atoms with E-state index in [2.05, 4.69) is 0 Å². The van der Waals surface area contributed by atoms with Gasteiger partial charge in [0.2, 0.25) is 11.7 Å². The molecule has 0 aromatic heterocycles. The third-order valence-electron chi connectivity index (χ3n) is 6.62. The lowest BCUT2D eigenvalue weighted by molar-refractivity contribution is -0.127. The molecule has 2 amide bonds. The highest BCUT2D eigenvalue weighted by Crippen LogP contribution is 2.38. The molecule has 0 bridgehead atoms. The van der Waals surface area contributed by atoms with Gasteiger partial charge in [-0.3, -0.25) is 9.59 Å². The van der Waals surface area contributed by atoms with Crippen LogP contribution in [-0.4, -0.2) is 76.2 Å². The Morgan fingerprint density at radius 1 is 0.744 bits per heavy atom. The van der Waals surface area contributed by atoms with E-state index in [1.54, 1.807) is 41.2 Å². The van der Waals surface area contributed by atoms with Gasteiger partial charge >= 0.3 is 0 Å². The lowest BCUT2D eigenvalue weighted by atomic mass is 9.97. The summed E-state index contributed by atoms with van der Waals surface area (Å²) >= 11 is 6.51. The summed E-state index contributed by atoms with van der Waals surface area (Å²) in [7, 11) is 6.13. The predicted octanol–water partition coefficient (Wildman–Crippen LogP) is 4.79. The van der Waals surface area contributed by atoms with Crippen LogP contribution < -0.4 is 18.9 Å². The smallest absolute Gasteiger partial charge is 0.254 e. The fraction of sp³-hybridized carbons (Fsp3) is 0.267. The van der Waals surface area contributed by atoms with Crippen LogP contribution in [0, 0.1) is 0 Å². The Hall–Kier alpha value is -4.17. The monoisotopic (exact) mass is 550 g/mol. The second-order valence-corrected chi connectivity index (χ2v) is 9.21. The SMILES string of the molecule is COc1ccc(/C(=C\C(=O)N2CCN(C(=O)c3cc(OC)c(OC)c(OC)c3)CC2)c2ccccc2Cl)cc1. The van der Waals surface area contributed by atoms with Crippen molar-refractivity contribution in [3.05, 3.63) is 88.5 Å². The number of piperazine rings is 1. The summed E-state index contributed by atoms with van der Waals surface area (Å²) in [5, 5.41) is 0.549. The molecule has 0 saturated carbocycles. The number of carbonyl (C=O) groups excluding carboxylic acids is 2. The van der Waals surface area contributed by atoms with Crippen LogP contribution in [0.3, 0.4) is 0 Å². The van der Waals surface area contributed by atoms with Gasteiger partial charge < -0.3 is 28.7 Å². The first-order chi connectivity index (χ1) is 18.9. The molecule has 204 valence electrons. The van der Waals surface area contributed by atoms with Crippen molar-refractivity contribution < 1.29 is 28.5 Å². The maximum Gasteiger partial charge on any atom is 0.254 e. The van der Waals surface area contributed by atoms with E-state index in [0.29, 0.717) is 59.6 Å². The molecule has 0 N–H and O–H groups in total. The molecular formula is C30H31ClN2O6. The van der Waals surface area contributed by atoms with Gasteiger partial charge in [-0.2, -0.15) is 0 Å². The van der Waals surface area contributed by atoms with E-state index in [9.17, 15) is 9.59 Å². The van der Waals surface area contributed by atoms with Gasteiger partial charge in [0.15, 0.2) is 11.5 Å². The molecule has 3 aromatic carbocycles. The fourth-order valence-electron chi connectivity index (χ4n) is 4.50. The molecule has 1 fully saturated rings. The minimum atomic E-state index is -0.174. The van der Waals surface area contributed by atoms with Crippen LogP contribution in [0.15, 0.2) is 66.7 Å². The summed E-state index contributed by atoms with van der Waals surface area (Å²) in [5.41, 5.74) is 2.73. The Morgan fingerprint density at radius 2 is 1.33 bits per heavy atom. The summed E-state index contributed by atoms with van der Waals surface area (Å²) in [6.45, 7) is 1.56. The summed E-state index contributed by atoms with van der Waals surface area (Å²) in [6.07, 6.45) is 1.61.